The molecule has 1 aliphatic rings. The number of amides is 1. The van der Waals surface area contributed by atoms with Gasteiger partial charge in [0.1, 0.15) is 0 Å². The number of ether oxygens (including phenoxy) is 1. The molecule has 6 heteroatoms. The number of anilines is 1. The summed E-state index contributed by atoms with van der Waals surface area (Å²) in [6, 6.07) is 13.9. The van der Waals surface area contributed by atoms with Crippen molar-refractivity contribution in [3.63, 3.8) is 0 Å². The largest absolute Gasteiger partial charge is 0.455 e. The number of nitrogens with one attached hydrogen (secondary N) is 1. The third-order valence-electron chi connectivity index (χ3n) is 5.13. The number of hydrogen-bond donors (Lipinski definition) is 1. The second-order valence-corrected chi connectivity index (χ2v) is 7.49. The van der Waals surface area contributed by atoms with Crippen LogP contribution in [0, 0.1) is 0 Å². The fourth-order valence-corrected chi connectivity index (χ4v) is 3.77. The van der Waals surface area contributed by atoms with Crippen molar-refractivity contribution in [2.75, 3.05) is 11.9 Å². The van der Waals surface area contributed by atoms with Gasteiger partial charge in [0.2, 0.25) is 0 Å². The van der Waals surface area contributed by atoms with Gasteiger partial charge >= 0.3 is 5.97 Å². The van der Waals surface area contributed by atoms with E-state index >= 15 is 0 Å². The molecule has 1 fully saturated rings. The van der Waals surface area contributed by atoms with Crippen molar-refractivity contribution < 1.29 is 19.1 Å². The molecule has 1 saturated carbocycles. The van der Waals surface area contributed by atoms with Crippen LogP contribution in [0.1, 0.15) is 48.5 Å². The molecule has 146 valence electrons. The number of carbonyl (C=O) groups is 3. The Hall–Kier alpha value is -2.66. The zero-order chi connectivity index (χ0) is 20.1. The monoisotopic (exact) mass is 399 g/mol. The van der Waals surface area contributed by atoms with Gasteiger partial charge in [-0.05, 0) is 49.6 Å². The van der Waals surface area contributed by atoms with Crippen LogP contribution in [0.25, 0.3) is 0 Å². The number of esters is 1. The third kappa shape index (κ3) is 4.42. The maximum Gasteiger partial charge on any atom is 0.317 e. The van der Waals surface area contributed by atoms with Crippen molar-refractivity contribution in [2.24, 2.45) is 0 Å². The van der Waals surface area contributed by atoms with Gasteiger partial charge in [-0.25, -0.2) is 0 Å². The predicted molar refractivity (Wildman–Crippen MR) is 108 cm³/mol. The number of benzene rings is 2. The first-order valence-corrected chi connectivity index (χ1v) is 9.63. The van der Waals surface area contributed by atoms with Gasteiger partial charge in [-0.3, -0.25) is 14.4 Å². The number of carbonyl (C=O) groups excluding carboxylic acids is 3. The summed E-state index contributed by atoms with van der Waals surface area (Å²) < 4.78 is 5.37. The highest BCUT2D eigenvalue weighted by atomic mass is 35.5. The Morgan fingerprint density at radius 1 is 1.07 bits per heavy atom. The first kappa shape index (κ1) is 20.1. The molecule has 0 unspecified atom stereocenters. The highest BCUT2D eigenvalue weighted by Gasteiger charge is 2.44. The zero-order valence-corrected chi connectivity index (χ0v) is 16.4. The molecule has 0 atom stereocenters. The summed E-state index contributed by atoms with van der Waals surface area (Å²) >= 11 is 5.96. The number of hydrogen-bond acceptors (Lipinski definition) is 4. The van der Waals surface area contributed by atoms with Crippen LogP contribution in [0.2, 0.25) is 5.02 Å². The number of rotatable bonds is 6. The molecule has 1 aliphatic carbocycles. The van der Waals surface area contributed by atoms with E-state index in [9.17, 15) is 14.4 Å². The Morgan fingerprint density at radius 2 is 1.75 bits per heavy atom. The number of Topliss-reactive ketones (excluding diaryl/α,β-unsaturated/α-hetero) is 1. The topological polar surface area (TPSA) is 72.5 Å². The van der Waals surface area contributed by atoms with E-state index < -0.39 is 11.3 Å². The molecule has 0 aromatic heterocycles. The smallest absolute Gasteiger partial charge is 0.317 e. The van der Waals surface area contributed by atoms with Crippen LogP contribution in [-0.4, -0.2) is 24.3 Å². The fraction of sp³-hybridized carbons (Fsp3) is 0.318. The number of ketones is 1. The summed E-state index contributed by atoms with van der Waals surface area (Å²) in [6.45, 7) is 1.08. The van der Waals surface area contributed by atoms with Gasteiger partial charge in [-0.15, -0.1) is 0 Å². The Bertz CT molecular complexity index is 886. The van der Waals surface area contributed by atoms with Gasteiger partial charge in [0.15, 0.2) is 12.4 Å². The molecule has 2 aromatic carbocycles. The van der Waals surface area contributed by atoms with E-state index in [0.717, 1.165) is 18.4 Å². The quantitative estimate of drug-likeness (QED) is 0.571. The lowest BCUT2D eigenvalue weighted by Gasteiger charge is -2.27. The van der Waals surface area contributed by atoms with Crippen molar-refractivity contribution >= 4 is 34.9 Å². The summed E-state index contributed by atoms with van der Waals surface area (Å²) in [4.78, 5) is 36.5. The summed E-state index contributed by atoms with van der Waals surface area (Å²) in [5.74, 6) is -0.924. The third-order valence-corrected chi connectivity index (χ3v) is 5.38. The van der Waals surface area contributed by atoms with E-state index in [0.29, 0.717) is 29.1 Å². The number of halogens is 1. The van der Waals surface area contributed by atoms with Crippen molar-refractivity contribution in [1.82, 2.24) is 0 Å². The summed E-state index contributed by atoms with van der Waals surface area (Å²) in [7, 11) is 0. The molecule has 2 aromatic rings. The summed E-state index contributed by atoms with van der Waals surface area (Å²) in [5, 5.41) is 3.27. The Morgan fingerprint density at radius 3 is 2.39 bits per heavy atom. The van der Waals surface area contributed by atoms with E-state index in [-0.39, 0.29) is 18.4 Å². The molecule has 0 saturated heterocycles. The molecule has 3 rings (SSSR count). The lowest BCUT2D eigenvalue weighted by molar-refractivity contribution is -0.153. The highest BCUT2D eigenvalue weighted by molar-refractivity contribution is 6.30. The second kappa shape index (κ2) is 8.57. The molecule has 1 amide bonds. The van der Waals surface area contributed by atoms with Crippen LogP contribution in [0.15, 0.2) is 48.5 Å². The maximum atomic E-state index is 12.9. The van der Waals surface area contributed by atoms with Crippen LogP contribution in [0.5, 0.6) is 0 Å². The van der Waals surface area contributed by atoms with Gasteiger partial charge in [-0.2, -0.15) is 0 Å². The SMILES string of the molecule is CC(=O)c1cccc(NC(=O)COC(=O)C2(c3ccc(Cl)cc3)CCCC2)c1. The first-order valence-electron chi connectivity index (χ1n) is 9.25. The van der Waals surface area contributed by atoms with Crippen molar-refractivity contribution in [1.29, 1.82) is 0 Å². The molecule has 1 N–H and O–H groups in total. The normalized spacial score (nSPS) is 15.1. The van der Waals surface area contributed by atoms with Gasteiger partial charge < -0.3 is 10.1 Å². The van der Waals surface area contributed by atoms with E-state index in [4.69, 9.17) is 16.3 Å². The average Bonchev–Trinajstić information content (AvgIpc) is 3.18. The van der Waals surface area contributed by atoms with Crippen LogP contribution in [-0.2, 0) is 19.7 Å². The minimum Gasteiger partial charge on any atom is -0.455 e. The maximum absolute atomic E-state index is 12.9. The van der Waals surface area contributed by atoms with Crippen molar-refractivity contribution in [2.45, 2.75) is 38.0 Å². The van der Waals surface area contributed by atoms with Gasteiger partial charge in [0.05, 0.1) is 5.41 Å². The van der Waals surface area contributed by atoms with Gasteiger partial charge in [0, 0.05) is 16.3 Å². The molecule has 0 radical (unpaired) electrons. The summed E-state index contributed by atoms with van der Waals surface area (Å²) in [6.07, 6.45) is 3.25. The second-order valence-electron chi connectivity index (χ2n) is 7.06. The predicted octanol–water partition coefficient (Wildman–Crippen LogP) is 4.54. The standard InChI is InChI=1S/C22H22ClNO4/c1-15(25)16-5-4-6-19(13-16)24-20(26)14-28-21(27)22(11-2-3-12-22)17-7-9-18(23)10-8-17/h4-10,13H,2-3,11-12,14H2,1H3,(H,24,26). The minimum absolute atomic E-state index is 0.0892. The minimum atomic E-state index is -0.723. The van der Waals surface area contributed by atoms with E-state index in [1.165, 1.54) is 6.92 Å². The van der Waals surface area contributed by atoms with Crippen LogP contribution >= 0.6 is 11.6 Å². The molecule has 0 aliphatic heterocycles. The van der Waals surface area contributed by atoms with Crippen molar-refractivity contribution in [3.8, 4) is 0 Å². The van der Waals surface area contributed by atoms with E-state index in [2.05, 4.69) is 5.32 Å². The average molecular weight is 400 g/mol. The molecular weight excluding hydrogens is 378 g/mol. The molecule has 28 heavy (non-hydrogen) atoms. The first-order chi connectivity index (χ1) is 13.4. The van der Waals surface area contributed by atoms with Crippen LogP contribution in [0.3, 0.4) is 0 Å². The Kier molecular flexibility index (Phi) is 6.15. The molecule has 0 bridgehead atoms. The molecule has 5 nitrogen and oxygen atoms in total. The highest BCUT2D eigenvalue weighted by Crippen LogP contribution is 2.42. The molecule has 0 spiro atoms. The van der Waals surface area contributed by atoms with Gasteiger partial charge in [-0.1, -0.05) is 48.7 Å². The summed E-state index contributed by atoms with van der Waals surface area (Å²) in [5.41, 5.74) is 1.14. The van der Waals surface area contributed by atoms with E-state index in [1.54, 1.807) is 36.4 Å². The Labute approximate surface area is 169 Å². The zero-order valence-electron chi connectivity index (χ0n) is 15.7. The van der Waals surface area contributed by atoms with Crippen molar-refractivity contribution in [3.05, 3.63) is 64.7 Å². The molecular formula is C22H22ClNO4. The van der Waals surface area contributed by atoms with E-state index in [1.807, 2.05) is 12.1 Å². The fourth-order valence-electron chi connectivity index (χ4n) is 3.64. The van der Waals surface area contributed by atoms with Gasteiger partial charge in [0.25, 0.3) is 5.91 Å². The van der Waals surface area contributed by atoms with Crippen LogP contribution < -0.4 is 5.32 Å². The molecule has 0 heterocycles. The van der Waals surface area contributed by atoms with Crippen LogP contribution in [0.4, 0.5) is 5.69 Å². The Balaban J connectivity index is 1.65. The lowest BCUT2D eigenvalue weighted by Crippen LogP contribution is -2.36. The lowest BCUT2D eigenvalue weighted by atomic mass is 9.79.